The van der Waals surface area contributed by atoms with Crippen molar-refractivity contribution in [2.75, 3.05) is 25.1 Å². The zero-order chi connectivity index (χ0) is 14.9. The lowest BCUT2D eigenvalue weighted by Crippen LogP contribution is -2.39. The highest BCUT2D eigenvalue weighted by Gasteiger charge is 2.34. The molecule has 4 nitrogen and oxygen atoms in total. The van der Waals surface area contributed by atoms with E-state index in [1.54, 1.807) is 18.2 Å². The average molecular weight is 337 g/mol. The van der Waals surface area contributed by atoms with E-state index in [4.69, 9.17) is 28.9 Å². The number of hydrogen-bond acceptors (Lipinski definition) is 4. The Kier molecular flexibility index (Phi) is 4.97. The van der Waals surface area contributed by atoms with Crippen LogP contribution in [0.5, 0.6) is 0 Å². The van der Waals surface area contributed by atoms with E-state index in [-0.39, 0.29) is 23.6 Å². The largest absolute Gasteiger partial charge is 0.329 e. The van der Waals surface area contributed by atoms with E-state index in [9.17, 15) is 8.42 Å². The van der Waals surface area contributed by atoms with Crippen LogP contribution in [0.4, 0.5) is 0 Å². The van der Waals surface area contributed by atoms with Gasteiger partial charge in [0.2, 0.25) is 0 Å². The van der Waals surface area contributed by atoms with Crippen LogP contribution in [0.2, 0.25) is 10.0 Å². The minimum Gasteiger partial charge on any atom is -0.329 e. The SMILES string of the molecule is CN(C1CCS(=O)(=O)C1)C(CN)c1c(Cl)cccc1Cl. The lowest BCUT2D eigenvalue weighted by Gasteiger charge is -2.33. The molecule has 2 atom stereocenters. The summed E-state index contributed by atoms with van der Waals surface area (Å²) in [6, 6.07) is 5.09. The summed E-state index contributed by atoms with van der Waals surface area (Å²) >= 11 is 12.4. The molecule has 20 heavy (non-hydrogen) atoms. The summed E-state index contributed by atoms with van der Waals surface area (Å²) < 4.78 is 23.2. The fraction of sp³-hybridized carbons (Fsp3) is 0.538. The Hall–Kier alpha value is -0.330. The molecule has 0 saturated carbocycles. The lowest BCUT2D eigenvalue weighted by molar-refractivity contribution is 0.192. The topological polar surface area (TPSA) is 63.4 Å². The number of hydrogen-bond donors (Lipinski definition) is 1. The van der Waals surface area contributed by atoms with Gasteiger partial charge in [-0.3, -0.25) is 4.90 Å². The van der Waals surface area contributed by atoms with Crippen molar-refractivity contribution in [1.82, 2.24) is 4.90 Å². The van der Waals surface area contributed by atoms with Gasteiger partial charge < -0.3 is 5.73 Å². The Bertz CT molecular complexity index is 572. The molecule has 1 saturated heterocycles. The summed E-state index contributed by atoms with van der Waals surface area (Å²) in [5.41, 5.74) is 6.64. The van der Waals surface area contributed by atoms with Gasteiger partial charge >= 0.3 is 0 Å². The third kappa shape index (κ3) is 3.28. The minimum absolute atomic E-state index is 0.0408. The molecule has 1 aliphatic rings. The molecule has 2 N–H and O–H groups in total. The van der Waals surface area contributed by atoms with Crippen molar-refractivity contribution < 1.29 is 8.42 Å². The number of likely N-dealkylation sites (N-methyl/N-ethyl adjacent to an activating group) is 1. The highest BCUT2D eigenvalue weighted by Crippen LogP contribution is 2.34. The van der Waals surface area contributed by atoms with Crippen molar-refractivity contribution in [3.63, 3.8) is 0 Å². The van der Waals surface area contributed by atoms with Gasteiger partial charge in [0.15, 0.2) is 9.84 Å². The van der Waals surface area contributed by atoms with Crippen LogP contribution in [0.1, 0.15) is 18.0 Å². The summed E-state index contributed by atoms with van der Waals surface area (Å²) in [7, 11) is -1.06. The van der Waals surface area contributed by atoms with Gasteiger partial charge in [0.25, 0.3) is 0 Å². The Labute approximate surface area is 129 Å². The van der Waals surface area contributed by atoms with Gasteiger partial charge in [-0.25, -0.2) is 8.42 Å². The second-order valence-corrected chi connectivity index (χ2v) is 8.15. The van der Waals surface area contributed by atoms with Gasteiger partial charge in [0.05, 0.1) is 11.5 Å². The van der Waals surface area contributed by atoms with Gasteiger partial charge in [-0.05, 0) is 25.6 Å². The molecule has 0 amide bonds. The maximum absolute atomic E-state index is 11.6. The molecular formula is C13H18Cl2N2O2S. The van der Waals surface area contributed by atoms with E-state index < -0.39 is 9.84 Å². The van der Waals surface area contributed by atoms with Gasteiger partial charge in [-0.1, -0.05) is 29.3 Å². The van der Waals surface area contributed by atoms with Crippen LogP contribution in [0.25, 0.3) is 0 Å². The first kappa shape index (κ1) is 16.0. The predicted molar refractivity (Wildman–Crippen MR) is 83.1 cm³/mol. The lowest BCUT2D eigenvalue weighted by atomic mass is 10.0. The third-order valence-electron chi connectivity index (χ3n) is 3.83. The summed E-state index contributed by atoms with van der Waals surface area (Å²) in [5.74, 6) is 0.400. The number of sulfone groups is 1. The highest BCUT2D eigenvalue weighted by atomic mass is 35.5. The van der Waals surface area contributed by atoms with E-state index in [1.165, 1.54) is 0 Å². The summed E-state index contributed by atoms with van der Waals surface area (Å²) in [6.45, 7) is 0.330. The molecular weight excluding hydrogens is 319 g/mol. The van der Waals surface area contributed by atoms with Gasteiger partial charge in [-0.2, -0.15) is 0 Å². The van der Waals surface area contributed by atoms with Crippen molar-refractivity contribution in [3.8, 4) is 0 Å². The molecule has 0 bridgehead atoms. The van der Waals surface area contributed by atoms with Crippen molar-refractivity contribution >= 4 is 33.0 Å². The first-order chi connectivity index (χ1) is 9.35. The fourth-order valence-electron chi connectivity index (χ4n) is 2.67. The fourth-order valence-corrected chi connectivity index (χ4v) is 5.10. The molecule has 0 spiro atoms. The van der Waals surface area contributed by atoms with Crippen molar-refractivity contribution in [1.29, 1.82) is 0 Å². The number of halogens is 2. The van der Waals surface area contributed by atoms with E-state index in [0.717, 1.165) is 5.56 Å². The molecule has 0 aromatic heterocycles. The summed E-state index contributed by atoms with van der Waals surface area (Å²) in [6.07, 6.45) is 0.622. The zero-order valence-corrected chi connectivity index (χ0v) is 13.5. The van der Waals surface area contributed by atoms with E-state index in [0.29, 0.717) is 23.0 Å². The standard InChI is InChI=1S/C13H18Cl2N2O2S/c1-17(9-5-6-20(18,19)8-9)12(7-16)13-10(14)3-2-4-11(13)15/h2-4,9,12H,5-8,16H2,1H3. The second-order valence-electron chi connectivity index (χ2n) is 5.11. The summed E-state index contributed by atoms with van der Waals surface area (Å²) in [5, 5.41) is 1.11. The van der Waals surface area contributed by atoms with Crippen LogP contribution < -0.4 is 5.73 Å². The van der Waals surface area contributed by atoms with E-state index in [1.807, 2.05) is 11.9 Å². The van der Waals surface area contributed by atoms with Crippen LogP contribution in [0.3, 0.4) is 0 Å². The molecule has 1 heterocycles. The molecule has 0 aliphatic carbocycles. The molecule has 1 aliphatic heterocycles. The molecule has 0 radical (unpaired) electrons. The molecule has 1 aromatic carbocycles. The minimum atomic E-state index is -2.93. The quantitative estimate of drug-likeness (QED) is 0.914. The molecule has 1 fully saturated rings. The van der Waals surface area contributed by atoms with Gasteiger partial charge in [-0.15, -0.1) is 0 Å². The van der Waals surface area contributed by atoms with E-state index in [2.05, 4.69) is 0 Å². The average Bonchev–Trinajstić information content (AvgIpc) is 2.74. The molecule has 7 heteroatoms. The normalized spacial score (nSPS) is 23.1. The van der Waals surface area contributed by atoms with Crippen molar-refractivity contribution in [2.24, 2.45) is 5.73 Å². The molecule has 2 unspecified atom stereocenters. The first-order valence-electron chi connectivity index (χ1n) is 6.42. The van der Waals surface area contributed by atoms with Crippen LogP contribution in [0.15, 0.2) is 18.2 Å². The van der Waals surface area contributed by atoms with Crippen molar-refractivity contribution in [3.05, 3.63) is 33.8 Å². The number of nitrogens with two attached hydrogens (primary N) is 1. The maximum Gasteiger partial charge on any atom is 0.151 e. The smallest absolute Gasteiger partial charge is 0.151 e. The van der Waals surface area contributed by atoms with Gasteiger partial charge in [0.1, 0.15) is 0 Å². The van der Waals surface area contributed by atoms with Gasteiger partial charge in [0, 0.05) is 34.2 Å². The second kappa shape index (κ2) is 6.20. The third-order valence-corrected chi connectivity index (χ3v) is 6.24. The predicted octanol–water partition coefficient (Wildman–Crippen LogP) is 2.11. The van der Waals surface area contributed by atoms with Crippen molar-refractivity contribution in [2.45, 2.75) is 18.5 Å². The number of benzene rings is 1. The zero-order valence-electron chi connectivity index (χ0n) is 11.2. The Morgan fingerprint density at radius 1 is 1.40 bits per heavy atom. The first-order valence-corrected chi connectivity index (χ1v) is 9.00. The molecule has 112 valence electrons. The van der Waals surface area contributed by atoms with Crippen LogP contribution in [-0.2, 0) is 9.84 Å². The van der Waals surface area contributed by atoms with E-state index >= 15 is 0 Å². The monoisotopic (exact) mass is 336 g/mol. The van der Waals surface area contributed by atoms with Crippen LogP contribution in [-0.4, -0.2) is 44.5 Å². The molecule has 2 rings (SSSR count). The Morgan fingerprint density at radius 2 is 2.00 bits per heavy atom. The Morgan fingerprint density at radius 3 is 2.45 bits per heavy atom. The molecule has 1 aromatic rings. The maximum atomic E-state index is 11.6. The number of nitrogens with zero attached hydrogens (tertiary/aromatic N) is 1. The van der Waals surface area contributed by atoms with Crippen LogP contribution >= 0.6 is 23.2 Å². The highest BCUT2D eigenvalue weighted by molar-refractivity contribution is 7.91. The number of rotatable bonds is 4. The van der Waals surface area contributed by atoms with Crippen LogP contribution in [0, 0.1) is 0 Å². The summed E-state index contributed by atoms with van der Waals surface area (Å²) in [4.78, 5) is 1.98. The Balaban J connectivity index is 2.29.